The number of H-pyrrole nitrogens is 1. The Morgan fingerprint density at radius 2 is 1.70 bits per heavy atom. The predicted octanol–water partition coefficient (Wildman–Crippen LogP) is 5.27. The van der Waals surface area contributed by atoms with Gasteiger partial charge in [0, 0.05) is 6.07 Å². The third kappa shape index (κ3) is 2.12. The van der Waals surface area contributed by atoms with Crippen LogP contribution in [0.25, 0.3) is 16.7 Å². The average Bonchev–Trinajstić information content (AvgIpc) is 2.70. The van der Waals surface area contributed by atoms with Gasteiger partial charge in [0.25, 0.3) is 0 Å². The van der Waals surface area contributed by atoms with Gasteiger partial charge in [0.05, 0.1) is 26.8 Å². The van der Waals surface area contributed by atoms with Gasteiger partial charge in [-0.2, -0.15) is 0 Å². The van der Waals surface area contributed by atoms with Gasteiger partial charge in [-0.05, 0) is 36.5 Å². The lowest BCUT2D eigenvalue weighted by molar-refractivity contribution is 0.627. The smallest absolute Gasteiger partial charge is 0.182 e. The molecule has 0 unspecified atom stereocenters. The molecule has 0 aliphatic rings. The molecule has 2 aromatic carbocycles. The van der Waals surface area contributed by atoms with Crippen LogP contribution in [-0.4, -0.2) is 9.55 Å². The number of imidazole rings is 1. The van der Waals surface area contributed by atoms with Crippen molar-refractivity contribution in [3.8, 4) is 5.69 Å². The molecule has 0 saturated heterocycles. The highest BCUT2D eigenvalue weighted by molar-refractivity contribution is 7.71. The number of nitrogens with one attached hydrogen (secondary N) is 1. The minimum atomic E-state index is -0.699. The number of fused-ring (bicyclic) bond motifs is 1. The number of nitrogens with zero attached hydrogens (tertiary/aromatic N) is 1. The number of aromatic amines is 1. The fourth-order valence-corrected chi connectivity index (χ4v) is 2.79. The SMILES string of the molecule is Fc1ccc2[nH]c(=S)n(-c3cc(Cl)c(F)c(Cl)c3)c2c1. The Balaban J connectivity index is 2.37. The molecular formula is C13H6Cl2F2N2S. The van der Waals surface area contributed by atoms with Gasteiger partial charge in [-0.3, -0.25) is 4.57 Å². The Morgan fingerprint density at radius 1 is 1.05 bits per heavy atom. The summed E-state index contributed by atoms with van der Waals surface area (Å²) in [4.78, 5) is 2.94. The van der Waals surface area contributed by atoms with Gasteiger partial charge in [0.15, 0.2) is 10.6 Å². The third-order valence-electron chi connectivity index (χ3n) is 2.87. The summed E-state index contributed by atoms with van der Waals surface area (Å²) in [6, 6.07) is 6.99. The molecule has 3 aromatic rings. The van der Waals surface area contributed by atoms with Crippen LogP contribution in [0.3, 0.4) is 0 Å². The maximum atomic E-state index is 13.5. The molecule has 1 heterocycles. The largest absolute Gasteiger partial charge is 0.330 e. The maximum absolute atomic E-state index is 13.5. The van der Waals surface area contributed by atoms with Crippen molar-refractivity contribution in [2.45, 2.75) is 0 Å². The second-order valence-corrected chi connectivity index (χ2v) is 5.35. The van der Waals surface area contributed by atoms with Crippen LogP contribution in [0.2, 0.25) is 10.0 Å². The molecule has 0 radical (unpaired) electrons. The zero-order valence-electron chi connectivity index (χ0n) is 9.75. The molecule has 0 saturated carbocycles. The zero-order chi connectivity index (χ0) is 14.4. The summed E-state index contributed by atoms with van der Waals surface area (Å²) in [5, 5.41) is -0.250. The Bertz CT molecular complexity index is 863. The monoisotopic (exact) mass is 330 g/mol. The van der Waals surface area contributed by atoms with Crippen LogP contribution >= 0.6 is 35.4 Å². The van der Waals surface area contributed by atoms with E-state index in [1.165, 1.54) is 24.3 Å². The van der Waals surface area contributed by atoms with Gasteiger partial charge in [-0.1, -0.05) is 23.2 Å². The summed E-state index contributed by atoms with van der Waals surface area (Å²) in [6.07, 6.45) is 0. The highest BCUT2D eigenvalue weighted by Crippen LogP contribution is 2.29. The number of hydrogen-bond donors (Lipinski definition) is 1. The van der Waals surface area contributed by atoms with Crippen molar-refractivity contribution in [2.24, 2.45) is 0 Å². The molecule has 0 amide bonds. The normalized spacial score (nSPS) is 11.2. The van der Waals surface area contributed by atoms with Crippen molar-refractivity contribution in [1.29, 1.82) is 0 Å². The van der Waals surface area contributed by atoms with Crippen LogP contribution in [-0.2, 0) is 0 Å². The zero-order valence-corrected chi connectivity index (χ0v) is 12.1. The molecule has 0 bridgehead atoms. The Morgan fingerprint density at radius 3 is 2.35 bits per heavy atom. The first kappa shape index (κ1) is 13.5. The van der Waals surface area contributed by atoms with Crippen LogP contribution in [0, 0.1) is 16.4 Å². The van der Waals surface area contributed by atoms with Gasteiger partial charge in [0.1, 0.15) is 5.82 Å². The molecule has 3 rings (SSSR count). The summed E-state index contributed by atoms with van der Waals surface area (Å²) in [7, 11) is 0. The molecule has 1 N–H and O–H groups in total. The molecule has 20 heavy (non-hydrogen) atoms. The van der Waals surface area contributed by atoms with Gasteiger partial charge in [0.2, 0.25) is 0 Å². The van der Waals surface area contributed by atoms with E-state index in [-0.39, 0.29) is 10.0 Å². The van der Waals surface area contributed by atoms with Crippen LogP contribution < -0.4 is 0 Å². The molecular weight excluding hydrogens is 325 g/mol. The van der Waals surface area contributed by atoms with Gasteiger partial charge < -0.3 is 4.98 Å². The summed E-state index contributed by atoms with van der Waals surface area (Å²) in [6.45, 7) is 0. The lowest BCUT2D eigenvalue weighted by Gasteiger charge is -2.07. The number of aromatic nitrogens is 2. The van der Waals surface area contributed by atoms with Crippen molar-refractivity contribution >= 4 is 46.5 Å². The average molecular weight is 331 g/mol. The first-order valence-electron chi connectivity index (χ1n) is 5.52. The molecule has 0 atom stereocenters. The second-order valence-electron chi connectivity index (χ2n) is 4.15. The maximum Gasteiger partial charge on any atom is 0.182 e. The molecule has 102 valence electrons. The van der Waals surface area contributed by atoms with E-state index in [9.17, 15) is 8.78 Å². The van der Waals surface area contributed by atoms with E-state index in [4.69, 9.17) is 35.4 Å². The minimum absolute atomic E-state index is 0.125. The Kier molecular flexibility index (Phi) is 3.28. The van der Waals surface area contributed by atoms with E-state index < -0.39 is 11.6 Å². The van der Waals surface area contributed by atoms with E-state index in [1.54, 1.807) is 10.6 Å². The molecule has 0 aliphatic heterocycles. The molecule has 2 nitrogen and oxygen atoms in total. The lowest BCUT2D eigenvalue weighted by Crippen LogP contribution is -1.96. The minimum Gasteiger partial charge on any atom is -0.330 e. The van der Waals surface area contributed by atoms with Crippen LogP contribution in [0.15, 0.2) is 30.3 Å². The number of hydrogen-bond acceptors (Lipinski definition) is 1. The first-order valence-corrected chi connectivity index (χ1v) is 6.69. The summed E-state index contributed by atoms with van der Waals surface area (Å²) < 4.78 is 28.7. The van der Waals surface area contributed by atoms with Crippen molar-refractivity contribution in [3.05, 3.63) is 56.8 Å². The number of rotatable bonds is 1. The standard InChI is InChI=1S/C13H6Cl2F2N2S/c14-8-4-7(5-9(15)12(8)17)19-11-3-6(16)1-2-10(11)18-13(19)20/h1-5H,(H,18,20). The molecule has 7 heteroatoms. The lowest BCUT2D eigenvalue weighted by atomic mass is 10.2. The Hall–Kier alpha value is -1.43. The van der Waals surface area contributed by atoms with E-state index in [2.05, 4.69) is 4.98 Å². The topological polar surface area (TPSA) is 20.7 Å². The van der Waals surface area contributed by atoms with Crippen molar-refractivity contribution in [2.75, 3.05) is 0 Å². The molecule has 0 fully saturated rings. The number of benzene rings is 2. The highest BCUT2D eigenvalue weighted by Gasteiger charge is 2.12. The van der Waals surface area contributed by atoms with E-state index in [0.717, 1.165) is 0 Å². The first-order chi connectivity index (χ1) is 9.47. The quantitative estimate of drug-likeness (QED) is 0.476. The molecule has 0 aliphatic carbocycles. The highest BCUT2D eigenvalue weighted by atomic mass is 35.5. The summed E-state index contributed by atoms with van der Waals surface area (Å²) in [5.74, 6) is -1.10. The predicted molar refractivity (Wildman–Crippen MR) is 78.4 cm³/mol. The van der Waals surface area contributed by atoms with Crippen LogP contribution in [0.5, 0.6) is 0 Å². The fraction of sp³-hybridized carbons (Fsp3) is 0. The number of halogens is 4. The van der Waals surface area contributed by atoms with E-state index in [0.29, 0.717) is 21.5 Å². The second kappa shape index (κ2) is 4.84. The summed E-state index contributed by atoms with van der Waals surface area (Å²) >= 11 is 16.8. The molecule has 0 spiro atoms. The van der Waals surface area contributed by atoms with Crippen LogP contribution in [0.1, 0.15) is 0 Å². The van der Waals surface area contributed by atoms with E-state index >= 15 is 0 Å². The summed E-state index contributed by atoms with van der Waals surface area (Å²) in [5.41, 5.74) is 1.64. The van der Waals surface area contributed by atoms with Gasteiger partial charge in [-0.15, -0.1) is 0 Å². The van der Waals surface area contributed by atoms with Crippen molar-refractivity contribution in [3.63, 3.8) is 0 Å². The van der Waals surface area contributed by atoms with Crippen molar-refractivity contribution in [1.82, 2.24) is 9.55 Å². The van der Waals surface area contributed by atoms with Crippen LogP contribution in [0.4, 0.5) is 8.78 Å². The van der Waals surface area contributed by atoms with Gasteiger partial charge in [-0.25, -0.2) is 8.78 Å². The molecule has 1 aromatic heterocycles. The van der Waals surface area contributed by atoms with Gasteiger partial charge >= 0.3 is 0 Å². The van der Waals surface area contributed by atoms with Crippen molar-refractivity contribution < 1.29 is 8.78 Å². The third-order valence-corrected chi connectivity index (χ3v) is 3.71. The van der Waals surface area contributed by atoms with E-state index in [1.807, 2.05) is 0 Å². The fourth-order valence-electron chi connectivity index (χ4n) is 2.00. The Labute approximate surface area is 127 Å².